The first-order chi connectivity index (χ1) is 16.3. The molecule has 3 rings (SSSR count). The fourth-order valence-electron chi connectivity index (χ4n) is 3.71. The minimum atomic E-state index is -1.48. The van der Waals surface area contributed by atoms with E-state index >= 15 is 0 Å². The molecule has 0 saturated heterocycles. The van der Waals surface area contributed by atoms with Crippen LogP contribution in [0.3, 0.4) is 0 Å². The van der Waals surface area contributed by atoms with Gasteiger partial charge >= 0.3 is 5.97 Å². The van der Waals surface area contributed by atoms with E-state index in [2.05, 4.69) is 42.6 Å². The first-order valence-corrected chi connectivity index (χ1v) is 11.0. The Labute approximate surface area is 200 Å². The summed E-state index contributed by atoms with van der Waals surface area (Å²) in [5.41, 5.74) is 4.72. The summed E-state index contributed by atoms with van der Waals surface area (Å²) in [6.45, 7) is 3.14. The van der Waals surface area contributed by atoms with Crippen molar-refractivity contribution in [3.8, 4) is 22.6 Å². The lowest BCUT2D eigenvalue weighted by Gasteiger charge is -2.25. The van der Waals surface area contributed by atoms with Crippen molar-refractivity contribution in [1.82, 2.24) is 5.32 Å². The third-order valence-electron chi connectivity index (χ3n) is 5.99. The van der Waals surface area contributed by atoms with Gasteiger partial charge in [0.25, 0.3) is 0 Å². The van der Waals surface area contributed by atoms with Crippen LogP contribution in [0.1, 0.15) is 29.2 Å². The molecule has 6 heteroatoms. The Morgan fingerprint density at radius 2 is 1.65 bits per heavy atom. The van der Waals surface area contributed by atoms with Crippen LogP contribution in [-0.4, -0.2) is 42.5 Å². The van der Waals surface area contributed by atoms with Crippen LogP contribution in [0.15, 0.2) is 60.7 Å². The molecule has 1 atom stereocenters. The smallest absolute Gasteiger partial charge is 0.326 e. The number of carboxylic acid groups (broad SMARTS) is 1. The van der Waals surface area contributed by atoms with E-state index in [1.807, 2.05) is 42.5 Å². The molecule has 0 aliphatic rings. The van der Waals surface area contributed by atoms with Gasteiger partial charge in [0.1, 0.15) is 17.0 Å². The molecule has 0 fully saturated rings. The molecular formula is C28H31NO5. The first kappa shape index (κ1) is 25.0. The maximum absolute atomic E-state index is 11.5. The molecule has 34 heavy (non-hydrogen) atoms. The van der Waals surface area contributed by atoms with Gasteiger partial charge < -0.3 is 19.7 Å². The number of carboxylic acids is 1. The zero-order valence-corrected chi connectivity index (χ0v) is 20.0. The summed E-state index contributed by atoms with van der Waals surface area (Å²) in [5.74, 6) is -0.0144. The van der Waals surface area contributed by atoms with Crippen LogP contribution >= 0.6 is 0 Å². The van der Waals surface area contributed by atoms with Gasteiger partial charge in [-0.25, -0.2) is 0 Å². The number of methoxy groups -OCH3 is 2. The van der Waals surface area contributed by atoms with Crippen LogP contribution in [0.25, 0.3) is 23.3 Å². The summed E-state index contributed by atoms with van der Waals surface area (Å²) in [4.78, 5) is 11.5. The van der Waals surface area contributed by atoms with Gasteiger partial charge in [0, 0.05) is 12.1 Å². The number of benzene rings is 3. The molecule has 3 N–H and O–H groups in total. The minimum absolute atomic E-state index is 0.151. The summed E-state index contributed by atoms with van der Waals surface area (Å²) < 4.78 is 11.2. The maximum Gasteiger partial charge on any atom is 0.326 e. The number of rotatable bonds is 10. The van der Waals surface area contributed by atoms with Crippen molar-refractivity contribution in [3.05, 3.63) is 82.9 Å². The molecule has 0 unspecified atom stereocenters. The molecule has 0 aliphatic heterocycles. The van der Waals surface area contributed by atoms with Gasteiger partial charge in [-0.3, -0.25) is 10.1 Å². The number of aliphatic carboxylic acids is 1. The topological polar surface area (TPSA) is 88.0 Å². The predicted molar refractivity (Wildman–Crippen MR) is 135 cm³/mol. The largest absolute Gasteiger partial charge is 0.496 e. The molecule has 0 aliphatic carbocycles. The molecule has 6 nitrogen and oxygen atoms in total. The van der Waals surface area contributed by atoms with Crippen LogP contribution in [0.2, 0.25) is 0 Å². The highest BCUT2D eigenvalue weighted by Crippen LogP contribution is 2.32. The first-order valence-electron chi connectivity index (χ1n) is 11.0. The SMILES string of the molecule is COc1cc(/C=C/c2cccc(-c3ccccc3)c2C)cc(OC)c1CN[C@](C)(CO)C(=O)O. The van der Waals surface area contributed by atoms with Crippen molar-refractivity contribution in [2.24, 2.45) is 0 Å². The highest BCUT2D eigenvalue weighted by Gasteiger charge is 2.32. The summed E-state index contributed by atoms with van der Waals surface area (Å²) in [7, 11) is 3.11. The lowest BCUT2D eigenvalue weighted by atomic mass is 9.96. The third kappa shape index (κ3) is 5.47. The van der Waals surface area contributed by atoms with Gasteiger partial charge in [0.2, 0.25) is 0 Å². The molecule has 0 bridgehead atoms. The molecule has 0 amide bonds. The minimum Gasteiger partial charge on any atom is -0.496 e. The van der Waals surface area contributed by atoms with E-state index in [1.54, 1.807) is 14.2 Å². The van der Waals surface area contributed by atoms with Gasteiger partial charge in [-0.2, -0.15) is 0 Å². The molecule has 178 valence electrons. The van der Waals surface area contributed by atoms with Gasteiger partial charge in [0.15, 0.2) is 0 Å². The Bertz CT molecular complexity index is 1150. The summed E-state index contributed by atoms with van der Waals surface area (Å²) >= 11 is 0. The highest BCUT2D eigenvalue weighted by molar-refractivity contribution is 5.79. The van der Waals surface area contributed by atoms with E-state index in [1.165, 1.54) is 23.6 Å². The van der Waals surface area contributed by atoms with Crippen LogP contribution in [0, 0.1) is 6.92 Å². The number of aliphatic hydroxyl groups is 1. The fourth-order valence-corrected chi connectivity index (χ4v) is 3.71. The average Bonchev–Trinajstić information content (AvgIpc) is 2.86. The van der Waals surface area contributed by atoms with Crippen molar-refractivity contribution in [3.63, 3.8) is 0 Å². The fraction of sp³-hybridized carbons (Fsp3) is 0.250. The van der Waals surface area contributed by atoms with Crippen molar-refractivity contribution in [2.75, 3.05) is 20.8 Å². The molecular weight excluding hydrogens is 430 g/mol. The van der Waals surface area contributed by atoms with Crippen LogP contribution in [-0.2, 0) is 11.3 Å². The average molecular weight is 462 g/mol. The molecule has 0 spiro atoms. The van der Waals surface area contributed by atoms with Crippen LogP contribution in [0.4, 0.5) is 0 Å². The summed E-state index contributed by atoms with van der Waals surface area (Å²) in [6.07, 6.45) is 4.05. The third-order valence-corrected chi connectivity index (χ3v) is 5.99. The number of hydrogen-bond acceptors (Lipinski definition) is 5. The van der Waals surface area contributed by atoms with E-state index in [0.29, 0.717) is 17.1 Å². The molecule has 3 aromatic rings. The number of carbonyl (C=O) groups is 1. The summed E-state index contributed by atoms with van der Waals surface area (Å²) in [6, 6.07) is 20.3. The van der Waals surface area contributed by atoms with E-state index in [4.69, 9.17) is 9.47 Å². The number of hydrogen-bond donors (Lipinski definition) is 3. The van der Waals surface area contributed by atoms with E-state index < -0.39 is 18.1 Å². The predicted octanol–water partition coefficient (Wildman–Crippen LogP) is 4.77. The summed E-state index contributed by atoms with van der Waals surface area (Å²) in [5, 5.41) is 21.8. The Morgan fingerprint density at radius 1 is 1.00 bits per heavy atom. The van der Waals surface area contributed by atoms with Gasteiger partial charge in [0.05, 0.1) is 20.8 Å². The number of nitrogens with one attached hydrogen (secondary N) is 1. The van der Waals surface area contributed by atoms with Gasteiger partial charge in [-0.1, -0.05) is 60.7 Å². The quantitative estimate of drug-likeness (QED) is 0.377. The number of ether oxygens (including phenoxy) is 2. The highest BCUT2D eigenvalue weighted by atomic mass is 16.5. The van der Waals surface area contributed by atoms with Crippen molar-refractivity contribution >= 4 is 18.1 Å². The Balaban J connectivity index is 1.91. The zero-order valence-electron chi connectivity index (χ0n) is 20.0. The molecule has 3 aromatic carbocycles. The van der Waals surface area contributed by atoms with E-state index in [0.717, 1.165) is 11.1 Å². The maximum atomic E-state index is 11.5. The molecule has 0 heterocycles. The Hall–Kier alpha value is -3.61. The van der Waals surface area contributed by atoms with Gasteiger partial charge in [-0.05, 0) is 53.8 Å². The Kier molecular flexibility index (Phi) is 8.10. The zero-order chi connectivity index (χ0) is 24.7. The van der Waals surface area contributed by atoms with Crippen LogP contribution in [0.5, 0.6) is 11.5 Å². The second-order valence-corrected chi connectivity index (χ2v) is 8.27. The second-order valence-electron chi connectivity index (χ2n) is 8.27. The monoisotopic (exact) mass is 461 g/mol. The van der Waals surface area contributed by atoms with Crippen LogP contribution < -0.4 is 14.8 Å². The lowest BCUT2D eigenvalue weighted by Crippen LogP contribution is -2.52. The second kappa shape index (κ2) is 11.0. The standard InChI is InChI=1S/C28H31NO5/c1-19-21(11-8-12-23(19)22-9-6-5-7-10-22)14-13-20-15-25(33-3)24(26(16-20)34-4)17-29-28(2,18-30)27(31)32/h5-16,29-30H,17-18H2,1-4H3,(H,31,32)/b14-13+/t28-/m1/s1. The molecule has 0 aromatic heterocycles. The lowest BCUT2D eigenvalue weighted by molar-refractivity contribution is -0.145. The molecule has 0 saturated carbocycles. The van der Waals surface area contributed by atoms with Crippen molar-refractivity contribution in [2.45, 2.75) is 25.9 Å². The van der Waals surface area contributed by atoms with E-state index in [-0.39, 0.29) is 6.54 Å². The normalized spacial score (nSPS) is 13.0. The number of aliphatic hydroxyl groups excluding tert-OH is 1. The van der Waals surface area contributed by atoms with Crippen molar-refractivity contribution in [1.29, 1.82) is 0 Å². The van der Waals surface area contributed by atoms with Gasteiger partial charge in [-0.15, -0.1) is 0 Å². The molecule has 0 radical (unpaired) electrons. The Morgan fingerprint density at radius 3 is 2.21 bits per heavy atom. The van der Waals surface area contributed by atoms with E-state index in [9.17, 15) is 15.0 Å². The van der Waals surface area contributed by atoms with Crippen molar-refractivity contribution < 1.29 is 24.5 Å².